The van der Waals surface area contributed by atoms with Crippen LogP contribution in [0.15, 0.2) is 48.5 Å². The fourth-order valence-electron chi connectivity index (χ4n) is 2.31. The third kappa shape index (κ3) is 6.59. The summed E-state index contributed by atoms with van der Waals surface area (Å²) in [7, 11) is 1.53. The van der Waals surface area contributed by atoms with Gasteiger partial charge in [0.2, 0.25) is 0 Å². The zero-order chi connectivity index (χ0) is 20.5. The van der Waals surface area contributed by atoms with E-state index < -0.39 is 24.4 Å². The molecule has 0 fully saturated rings. The molecular formula is C20H21ClN2O5. The first-order valence-electron chi connectivity index (χ1n) is 8.51. The molecule has 7 nitrogen and oxygen atoms in total. The number of nitrogens with one attached hydrogen (secondary N) is 2. The summed E-state index contributed by atoms with van der Waals surface area (Å²) in [6.45, 7) is 1.03. The maximum absolute atomic E-state index is 12.0. The third-order valence-electron chi connectivity index (χ3n) is 3.86. The van der Waals surface area contributed by atoms with Gasteiger partial charge in [0.05, 0.1) is 13.2 Å². The normalized spacial score (nSPS) is 11.2. The predicted octanol–water partition coefficient (Wildman–Crippen LogP) is 2.50. The molecule has 8 heteroatoms. The molecule has 0 aromatic heterocycles. The zero-order valence-electron chi connectivity index (χ0n) is 15.5. The minimum Gasteiger partial charge on any atom is -0.497 e. The summed E-state index contributed by atoms with van der Waals surface area (Å²) >= 11 is 5.83. The summed E-state index contributed by atoms with van der Waals surface area (Å²) in [5, 5.41) is 5.75. The molecule has 0 radical (unpaired) electrons. The van der Waals surface area contributed by atoms with Gasteiger partial charge in [-0.05, 0) is 48.9 Å². The Morgan fingerprint density at radius 3 is 2.29 bits per heavy atom. The van der Waals surface area contributed by atoms with Gasteiger partial charge in [-0.2, -0.15) is 0 Å². The first-order chi connectivity index (χ1) is 13.4. The van der Waals surface area contributed by atoms with Crippen LogP contribution in [0.3, 0.4) is 0 Å². The number of carbonyl (C=O) groups is 3. The van der Waals surface area contributed by atoms with Crippen LogP contribution in [0.5, 0.6) is 5.75 Å². The Bertz CT molecular complexity index is 821. The number of benzene rings is 2. The number of carbonyl (C=O) groups excluding carboxylic acids is 3. The van der Waals surface area contributed by atoms with Gasteiger partial charge >= 0.3 is 5.97 Å². The van der Waals surface area contributed by atoms with Gasteiger partial charge in [0.1, 0.15) is 12.3 Å². The van der Waals surface area contributed by atoms with Crippen LogP contribution < -0.4 is 15.4 Å². The molecule has 0 unspecified atom stereocenters. The van der Waals surface area contributed by atoms with Crippen LogP contribution >= 0.6 is 11.6 Å². The van der Waals surface area contributed by atoms with E-state index in [-0.39, 0.29) is 12.6 Å². The molecule has 0 saturated heterocycles. The minimum absolute atomic E-state index is 0.266. The van der Waals surface area contributed by atoms with E-state index in [0.29, 0.717) is 16.3 Å². The van der Waals surface area contributed by atoms with Crippen LogP contribution in [-0.2, 0) is 14.3 Å². The van der Waals surface area contributed by atoms with Crippen LogP contribution in [0.4, 0.5) is 0 Å². The summed E-state index contributed by atoms with van der Waals surface area (Å²) in [5.74, 6) is -0.969. The van der Waals surface area contributed by atoms with E-state index in [1.54, 1.807) is 55.5 Å². The van der Waals surface area contributed by atoms with E-state index in [1.807, 2.05) is 0 Å². The maximum atomic E-state index is 12.0. The van der Waals surface area contributed by atoms with E-state index in [4.69, 9.17) is 21.1 Å². The molecule has 2 rings (SSSR count). The lowest BCUT2D eigenvalue weighted by Crippen LogP contribution is -2.34. The molecule has 0 saturated carbocycles. The fraction of sp³-hybridized carbons (Fsp3) is 0.250. The summed E-state index contributed by atoms with van der Waals surface area (Å²) in [5.41, 5.74) is 1.25. The van der Waals surface area contributed by atoms with Crippen LogP contribution in [0, 0.1) is 0 Å². The van der Waals surface area contributed by atoms with E-state index in [0.717, 1.165) is 5.56 Å². The van der Waals surface area contributed by atoms with Crippen LogP contribution in [0.1, 0.15) is 28.9 Å². The molecule has 0 bridgehead atoms. The first kappa shape index (κ1) is 21.2. The highest BCUT2D eigenvalue weighted by Crippen LogP contribution is 2.15. The number of esters is 1. The summed E-state index contributed by atoms with van der Waals surface area (Å²) in [4.78, 5) is 35.6. The number of amides is 2. The van der Waals surface area contributed by atoms with Crippen molar-refractivity contribution in [3.8, 4) is 5.75 Å². The van der Waals surface area contributed by atoms with Gasteiger partial charge in [0.25, 0.3) is 11.8 Å². The third-order valence-corrected chi connectivity index (χ3v) is 4.11. The lowest BCUT2D eigenvalue weighted by Gasteiger charge is -2.14. The molecule has 2 aromatic carbocycles. The van der Waals surface area contributed by atoms with Gasteiger partial charge in [0, 0.05) is 10.6 Å². The van der Waals surface area contributed by atoms with Crippen molar-refractivity contribution in [1.82, 2.24) is 10.6 Å². The number of halogens is 1. The highest BCUT2D eigenvalue weighted by molar-refractivity contribution is 6.30. The van der Waals surface area contributed by atoms with Gasteiger partial charge < -0.3 is 20.1 Å². The number of rotatable bonds is 8. The molecule has 0 spiro atoms. The Morgan fingerprint density at radius 1 is 1.04 bits per heavy atom. The molecular weight excluding hydrogens is 384 g/mol. The van der Waals surface area contributed by atoms with Crippen molar-refractivity contribution in [3.63, 3.8) is 0 Å². The van der Waals surface area contributed by atoms with Crippen molar-refractivity contribution >= 4 is 29.4 Å². The molecule has 1 atom stereocenters. The molecule has 148 valence electrons. The Morgan fingerprint density at radius 2 is 1.68 bits per heavy atom. The van der Waals surface area contributed by atoms with Gasteiger partial charge in [-0.3, -0.25) is 14.4 Å². The van der Waals surface area contributed by atoms with Gasteiger partial charge in [-0.15, -0.1) is 0 Å². The number of hydrogen-bond acceptors (Lipinski definition) is 5. The van der Waals surface area contributed by atoms with Crippen molar-refractivity contribution in [1.29, 1.82) is 0 Å². The number of hydrogen-bond donors (Lipinski definition) is 2. The number of methoxy groups -OCH3 is 1. The molecule has 2 aromatic rings. The Kier molecular flexibility index (Phi) is 7.83. The van der Waals surface area contributed by atoms with Crippen molar-refractivity contribution in [2.24, 2.45) is 0 Å². The highest BCUT2D eigenvalue weighted by Gasteiger charge is 2.13. The zero-order valence-corrected chi connectivity index (χ0v) is 16.3. The summed E-state index contributed by atoms with van der Waals surface area (Å²) in [6.07, 6.45) is 0. The van der Waals surface area contributed by atoms with Crippen molar-refractivity contribution in [3.05, 3.63) is 64.7 Å². The van der Waals surface area contributed by atoms with Crippen molar-refractivity contribution < 1.29 is 23.9 Å². The average Bonchev–Trinajstić information content (AvgIpc) is 2.71. The highest BCUT2D eigenvalue weighted by atomic mass is 35.5. The standard InChI is InChI=1S/C20H21ClN2O5/c1-13(14-3-7-16(21)8-4-14)23-18(24)12-28-19(25)11-22-20(26)15-5-9-17(27-2)10-6-15/h3-10,13H,11-12H2,1-2H3,(H,22,26)(H,23,24)/t13-/m0/s1. The lowest BCUT2D eigenvalue weighted by atomic mass is 10.1. The minimum atomic E-state index is -0.712. The maximum Gasteiger partial charge on any atom is 0.325 e. The molecule has 0 aliphatic carbocycles. The second kappa shape index (κ2) is 10.3. The predicted molar refractivity (Wildman–Crippen MR) is 104 cm³/mol. The number of ether oxygens (including phenoxy) is 2. The quantitative estimate of drug-likeness (QED) is 0.659. The molecule has 0 heterocycles. The summed E-state index contributed by atoms with van der Waals surface area (Å²) < 4.78 is 9.89. The molecule has 28 heavy (non-hydrogen) atoms. The first-order valence-corrected chi connectivity index (χ1v) is 8.89. The van der Waals surface area contributed by atoms with Crippen molar-refractivity contribution in [2.45, 2.75) is 13.0 Å². The SMILES string of the molecule is COc1ccc(C(=O)NCC(=O)OCC(=O)N[C@@H](C)c2ccc(Cl)cc2)cc1. The Labute approximate surface area is 168 Å². The topological polar surface area (TPSA) is 93.7 Å². The van der Waals surface area contributed by atoms with E-state index in [2.05, 4.69) is 10.6 Å². The van der Waals surface area contributed by atoms with Crippen LogP contribution in [-0.4, -0.2) is 38.0 Å². The second-order valence-electron chi connectivity index (χ2n) is 5.91. The second-order valence-corrected chi connectivity index (χ2v) is 6.35. The lowest BCUT2D eigenvalue weighted by molar-refractivity contribution is -0.147. The van der Waals surface area contributed by atoms with Crippen molar-refractivity contribution in [2.75, 3.05) is 20.3 Å². The molecule has 2 N–H and O–H groups in total. The van der Waals surface area contributed by atoms with Gasteiger partial charge in [-0.1, -0.05) is 23.7 Å². The Hall–Kier alpha value is -3.06. The van der Waals surface area contributed by atoms with Crippen LogP contribution in [0.25, 0.3) is 0 Å². The average molecular weight is 405 g/mol. The largest absolute Gasteiger partial charge is 0.497 e. The van der Waals surface area contributed by atoms with Gasteiger partial charge in [-0.25, -0.2) is 0 Å². The molecule has 0 aliphatic rings. The van der Waals surface area contributed by atoms with E-state index in [9.17, 15) is 14.4 Å². The smallest absolute Gasteiger partial charge is 0.325 e. The fourth-order valence-corrected chi connectivity index (χ4v) is 2.44. The van der Waals surface area contributed by atoms with E-state index >= 15 is 0 Å². The van der Waals surface area contributed by atoms with Gasteiger partial charge in [0.15, 0.2) is 6.61 Å². The molecule has 2 amide bonds. The Balaban J connectivity index is 1.71. The van der Waals surface area contributed by atoms with E-state index in [1.165, 1.54) is 7.11 Å². The summed E-state index contributed by atoms with van der Waals surface area (Å²) in [6, 6.07) is 13.2. The molecule has 0 aliphatic heterocycles. The monoisotopic (exact) mass is 404 g/mol. The van der Waals surface area contributed by atoms with Crippen LogP contribution in [0.2, 0.25) is 5.02 Å².